The summed E-state index contributed by atoms with van der Waals surface area (Å²) in [7, 11) is 0. The van der Waals surface area contributed by atoms with Crippen molar-refractivity contribution in [1.82, 2.24) is 4.98 Å². The summed E-state index contributed by atoms with van der Waals surface area (Å²) in [5, 5.41) is 3.49. The molecule has 0 radical (unpaired) electrons. The zero-order valence-electron chi connectivity index (χ0n) is 9.95. The van der Waals surface area contributed by atoms with E-state index in [-0.39, 0.29) is 0 Å². The standard InChI is InChI=1S/C13H21N3/c1-2-10-4-3-5-12(8-10)16-13-9-11(14)6-7-15-13/h6-7,9-10,12H,2-5,8H2,1H3,(H3,14,15,16). The van der Waals surface area contributed by atoms with Crippen LogP contribution in [0, 0.1) is 5.92 Å². The van der Waals surface area contributed by atoms with Gasteiger partial charge in [-0.05, 0) is 24.8 Å². The topological polar surface area (TPSA) is 50.9 Å². The van der Waals surface area contributed by atoms with Gasteiger partial charge in [-0.2, -0.15) is 0 Å². The quantitative estimate of drug-likeness (QED) is 0.821. The first-order chi connectivity index (χ1) is 7.78. The van der Waals surface area contributed by atoms with Gasteiger partial charge in [0.1, 0.15) is 5.82 Å². The Bertz CT molecular complexity index is 338. The fourth-order valence-electron chi connectivity index (χ4n) is 2.53. The van der Waals surface area contributed by atoms with Gasteiger partial charge in [-0.25, -0.2) is 4.98 Å². The van der Waals surface area contributed by atoms with Crippen molar-refractivity contribution in [3.05, 3.63) is 18.3 Å². The zero-order chi connectivity index (χ0) is 11.4. The van der Waals surface area contributed by atoms with E-state index in [2.05, 4.69) is 17.2 Å². The van der Waals surface area contributed by atoms with Gasteiger partial charge in [0.05, 0.1) is 0 Å². The van der Waals surface area contributed by atoms with Crippen LogP contribution in [-0.2, 0) is 0 Å². The molecule has 0 bridgehead atoms. The molecular formula is C13H21N3. The van der Waals surface area contributed by atoms with Gasteiger partial charge in [-0.3, -0.25) is 0 Å². The van der Waals surface area contributed by atoms with E-state index in [0.717, 1.165) is 17.4 Å². The molecule has 16 heavy (non-hydrogen) atoms. The first-order valence-corrected chi connectivity index (χ1v) is 6.26. The number of nitrogen functional groups attached to an aromatic ring is 1. The Morgan fingerprint density at radius 3 is 3.12 bits per heavy atom. The van der Waals surface area contributed by atoms with Crippen molar-refractivity contribution in [2.45, 2.75) is 45.1 Å². The third kappa shape index (κ3) is 2.87. The minimum absolute atomic E-state index is 0.577. The molecule has 0 spiro atoms. The highest BCUT2D eigenvalue weighted by atomic mass is 15.0. The fraction of sp³-hybridized carbons (Fsp3) is 0.615. The van der Waals surface area contributed by atoms with E-state index >= 15 is 0 Å². The molecule has 2 unspecified atom stereocenters. The molecule has 0 saturated heterocycles. The Labute approximate surface area is 97.5 Å². The molecule has 0 aromatic carbocycles. The molecule has 1 fully saturated rings. The molecular weight excluding hydrogens is 198 g/mol. The van der Waals surface area contributed by atoms with E-state index in [1.807, 2.05) is 12.1 Å². The van der Waals surface area contributed by atoms with Crippen molar-refractivity contribution in [2.75, 3.05) is 11.1 Å². The fourth-order valence-corrected chi connectivity index (χ4v) is 2.53. The molecule has 1 heterocycles. The Morgan fingerprint density at radius 2 is 2.38 bits per heavy atom. The zero-order valence-corrected chi connectivity index (χ0v) is 9.95. The minimum Gasteiger partial charge on any atom is -0.399 e. The summed E-state index contributed by atoms with van der Waals surface area (Å²) in [5.41, 5.74) is 6.52. The number of hydrogen-bond acceptors (Lipinski definition) is 3. The molecule has 0 amide bonds. The van der Waals surface area contributed by atoms with Crippen molar-refractivity contribution in [3.8, 4) is 0 Å². The maximum Gasteiger partial charge on any atom is 0.128 e. The van der Waals surface area contributed by atoms with Crippen LogP contribution >= 0.6 is 0 Å². The Kier molecular flexibility index (Phi) is 3.65. The molecule has 1 aliphatic carbocycles. The maximum absolute atomic E-state index is 5.74. The molecule has 3 N–H and O–H groups in total. The monoisotopic (exact) mass is 219 g/mol. The van der Waals surface area contributed by atoms with E-state index in [1.165, 1.54) is 32.1 Å². The van der Waals surface area contributed by atoms with Crippen LogP contribution in [0.5, 0.6) is 0 Å². The van der Waals surface area contributed by atoms with Crippen LogP contribution in [-0.4, -0.2) is 11.0 Å². The van der Waals surface area contributed by atoms with E-state index in [9.17, 15) is 0 Å². The summed E-state index contributed by atoms with van der Waals surface area (Å²) in [6.45, 7) is 2.28. The average Bonchev–Trinajstić information content (AvgIpc) is 2.29. The lowest BCUT2D eigenvalue weighted by Crippen LogP contribution is -2.27. The number of nitrogens with two attached hydrogens (primary N) is 1. The number of hydrogen-bond donors (Lipinski definition) is 2. The molecule has 0 aliphatic heterocycles. The summed E-state index contributed by atoms with van der Waals surface area (Å²) in [4.78, 5) is 4.29. The summed E-state index contributed by atoms with van der Waals surface area (Å²) < 4.78 is 0. The molecule has 88 valence electrons. The smallest absolute Gasteiger partial charge is 0.128 e. The summed E-state index contributed by atoms with van der Waals surface area (Å²) in [5.74, 6) is 1.80. The third-order valence-electron chi connectivity index (χ3n) is 3.50. The van der Waals surface area contributed by atoms with E-state index in [1.54, 1.807) is 6.20 Å². The first-order valence-electron chi connectivity index (χ1n) is 6.26. The van der Waals surface area contributed by atoms with Crippen LogP contribution in [0.4, 0.5) is 11.5 Å². The molecule has 1 aromatic rings. The van der Waals surface area contributed by atoms with Gasteiger partial charge in [-0.1, -0.05) is 26.2 Å². The number of pyridine rings is 1. The molecule has 2 atom stereocenters. The lowest BCUT2D eigenvalue weighted by molar-refractivity contribution is 0.327. The third-order valence-corrected chi connectivity index (χ3v) is 3.50. The molecule has 3 nitrogen and oxygen atoms in total. The summed E-state index contributed by atoms with van der Waals surface area (Å²) >= 11 is 0. The van der Waals surface area contributed by atoms with Gasteiger partial charge in [-0.15, -0.1) is 0 Å². The largest absolute Gasteiger partial charge is 0.399 e. The van der Waals surface area contributed by atoms with Gasteiger partial charge in [0.25, 0.3) is 0 Å². The van der Waals surface area contributed by atoms with Gasteiger partial charge in [0.2, 0.25) is 0 Å². The predicted octanol–water partition coefficient (Wildman–Crippen LogP) is 3.04. The van der Waals surface area contributed by atoms with Crippen LogP contribution in [0.25, 0.3) is 0 Å². The van der Waals surface area contributed by atoms with E-state index < -0.39 is 0 Å². The Morgan fingerprint density at radius 1 is 1.50 bits per heavy atom. The van der Waals surface area contributed by atoms with Crippen LogP contribution in [0.1, 0.15) is 39.0 Å². The summed E-state index contributed by atoms with van der Waals surface area (Å²) in [6, 6.07) is 4.31. The second-order valence-corrected chi connectivity index (χ2v) is 4.76. The van der Waals surface area contributed by atoms with Crippen molar-refractivity contribution < 1.29 is 0 Å². The SMILES string of the molecule is CCC1CCCC(Nc2cc(N)ccn2)C1. The first kappa shape index (κ1) is 11.2. The van der Waals surface area contributed by atoms with Gasteiger partial charge in [0.15, 0.2) is 0 Å². The van der Waals surface area contributed by atoms with Crippen LogP contribution < -0.4 is 11.1 Å². The Hall–Kier alpha value is -1.25. The van der Waals surface area contributed by atoms with Crippen molar-refractivity contribution in [2.24, 2.45) is 5.92 Å². The number of nitrogens with zero attached hydrogens (tertiary/aromatic N) is 1. The highest BCUT2D eigenvalue weighted by Crippen LogP contribution is 2.28. The van der Waals surface area contributed by atoms with Gasteiger partial charge >= 0.3 is 0 Å². The number of anilines is 2. The maximum atomic E-state index is 5.74. The Balaban J connectivity index is 1.94. The van der Waals surface area contributed by atoms with Crippen molar-refractivity contribution in [3.63, 3.8) is 0 Å². The van der Waals surface area contributed by atoms with Gasteiger partial charge in [0, 0.05) is 24.0 Å². The highest BCUT2D eigenvalue weighted by Gasteiger charge is 2.20. The summed E-state index contributed by atoms with van der Waals surface area (Å²) in [6.07, 6.45) is 8.30. The molecule has 3 heteroatoms. The lowest BCUT2D eigenvalue weighted by atomic mass is 9.84. The molecule has 1 aromatic heterocycles. The second-order valence-electron chi connectivity index (χ2n) is 4.76. The molecule has 1 saturated carbocycles. The minimum atomic E-state index is 0.577. The number of nitrogens with one attached hydrogen (secondary N) is 1. The van der Waals surface area contributed by atoms with Crippen molar-refractivity contribution >= 4 is 11.5 Å². The highest BCUT2D eigenvalue weighted by molar-refractivity contribution is 5.48. The lowest BCUT2D eigenvalue weighted by Gasteiger charge is -2.29. The second kappa shape index (κ2) is 5.19. The normalized spacial score (nSPS) is 25.3. The number of aromatic nitrogens is 1. The van der Waals surface area contributed by atoms with Crippen LogP contribution in [0.3, 0.4) is 0 Å². The average molecular weight is 219 g/mol. The molecule has 2 rings (SSSR count). The van der Waals surface area contributed by atoms with E-state index in [0.29, 0.717) is 6.04 Å². The van der Waals surface area contributed by atoms with Gasteiger partial charge < -0.3 is 11.1 Å². The van der Waals surface area contributed by atoms with Crippen LogP contribution in [0.2, 0.25) is 0 Å². The van der Waals surface area contributed by atoms with E-state index in [4.69, 9.17) is 5.73 Å². The number of rotatable bonds is 3. The van der Waals surface area contributed by atoms with Crippen LogP contribution in [0.15, 0.2) is 18.3 Å². The van der Waals surface area contributed by atoms with Crippen molar-refractivity contribution in [1.29, 1.82) is 0 Å². The molecule has 1 aliphatic rings. The predicted molar refractivity (Wildman–Crippen MR) is 68.3 cm³/mol.